The molecule has 1 N–H and O–H groups in total. The molecule has 1 heterocycles. The Morgan fingerprint density at radius 1 is 1.14 bits per heavy atom. The van der Waals surface area contributed by atoms with Gasteiger partial charge in [0.05, 0.1) is 6.61 Å². The maximum Gasteiger partial charge on any atom is 0.409 e. The second-order valence-corrected chi connectivity index (χ2v) is 4.76. The van der Waals surface area contributed by atoms with E-state index in [4.69, 9.17) is 4.74 Å². The van der Waals surface area contributed by atoms with E-state index in [1.165, 1.54) is 0 Å². The lowest BCUT2D eigenvalue weighted by Gasteiger charge is -2.35. The van der Waals surface area contributed by atoms with Crippen LogP contribution in [0.3, 0.4) is 0 Å². The summed E-state index contributed by atoms with van der Waals surface area (Å²) in [5.41, 5.74) is 0. The van der Waals surface area contributed by atoms with Crippen LogP contribution in [0.5, 0.6) is 0 Å². The summed E-state index contributed by atoms with van der Waals surface area (Å²) in [6, 6.07) is 0. The summed E-state index contributed by atoms with van der Waals surface area (Å²) in [7, 11) is 0. The molecule has 0 unspecified atom stereocenters. The number of nitrogens with one attached hydrogen (secondary N) is 1. The first-order valence-electron chi connectivity index (χ1n) is 7.67. The van der Waals surface area contributed by atoms with Crippen LogP contribution in [0.2, 0.25) is 0 Å². The normalized spacial score (nSPS) is 15.5. The minimum absolute atomic E-state index is 0. The van der Waals surface area contributed by atoms with E-state index in [0.717, 1.165) is 45.0 Å². The highest BCUT2D eigenvalue weighted by molar-refractivity contribution is 14.0. The maximum absolute atomic E-state index is 11.7. The molecule has 0 aromatic rings. The van der Waals surface area contributed by atoms with Crippen LogP contribution >= 0.6 is 24.0 Å². The standard InChI is InChI=1S/C14H28N4O2.HI/c1-4-7-8-16-13(15-5-2)17-9-11-18(12-10-17)14(19)20-6-3;/h4-12H2,1-3H3,(H,15,16);1H. The Bertz CT molecular complexity index is 318. The molecule has 1 aliphatic rings. The number of halogens is 1. The smallest absolute Gasteiger partial charge is 0.409 e. The number of carbonyl (C=O) groups excluding carboxylic acids is 1. The van der Waals surface area contributed by atoms with Crippen molar-refractivity contribution in [3.8, 4) is 0 Å². The molecule has 0 aliphatic carbocycles. The van der Waals surface area contributed by atoms with Crippen molar-refractivity contribution >= 4 is 36.0 Å². The molecule has 0 spiro atoms. The molecule has 1 amide bonds. The quantitative estimate of drug-likeness (QED) is 0.326. The molecule has 124 valence electrons. The lowest BCUT2D eigenvalue weighted by molar-refractivity contribution is 0.0914. The SMILES string of the molecule is CCCCN=C(NCC)N1CCN(C(=O)OCC)CC1.I. The zero-order valence-corrected chi connectivity index (χ0v) is 15.8. The van der Waals surface area contributed by atoms with Gasteiger partial charge in [-0.25, -0.2) is 4.79 Å². The number of ether oxygens (including phenoxy) is 1. The van der Waals surface area contributed by atoms with Crippen molar-refractivity contribution in [2.45, 2.75) is 33.6 Å². The van der Waals surface area contributed by atoms with Gasteiger partial charge in [-0.05, 0) is 20.3 Å². The monoisotopic (exact) mass is 412 g/mol. The number of nitrogens with zero attached hydrogens (tertiary/aromatic N) is 3. The van der Waals surface area contributed by atoms with Crippen LogP contribution in [0, 0.1) is 0 Å². The molecule has 6 nitrogen and oxygen atoms in total. The third-order valence-electron chi connectivity index (χ3n) is 3.21. The largest absolute Gasteiger partial charge is 0.450 e. The third kappa shape index (κ3) is 7.19. The van der Waals surface area contributed by atoms with Gasteiger partial charge in [-0.15, -0.1) is 24.0 Å². The molecule has 0 aromatic heterocycles. The van der Waals surface area contributed by atoms with E-state index in [9.17, 15) is 4.79 Å². The van der Waals surface area contributed by atoms with Gasteiger partial charge in [-0.2, -0.15) is 0 Å². The van der Waals surface area contributed by atoms with Crippen LogP contribution in [-0.2, 0) is 4.74 Å². The molecule has 21 heavy (non-hydrogen) atoms. The van der Waals surface area contributed by atoms with Crippen LogP contribution in [-0.4, -0.2) is 67.7 Å². The summed E-state index contributed by atoms with van der Waals surface area (Å²) in [5, 5.41) is 3.32. The minimum atomic E-state index is -0.208. The Kier molecular flexibility index (Phi) is 11.5. The fourth-order valence-corrected chi connectivity index (χ4v) is 2.08. The predicted molar refractivity (Wildman–Crippen MR) is 96.5 cm³/mol. The van der Waals surface area contributed by atoms with E-state index in [0.29, 0.717) is 19.7 Å². The first-order valence-corrected chi connectivity index (χ1v) is 7.67. The lowest BCUT2D eigenvalue weighted by atomic mass is 10.3. The van der Waals surface area contributed by atoms with Crippen molar-refractivity contribution in [1.29, 1.82) is 0 Å². The molecular weight excluding hydrogens is 383 g/mol. The molecule has 1 aliphatic heterocycles. The Morgan fingerprint density at radius 2 is 1.76 bits per heavy atom. The number of guanidine groups is 1. The second-order valence-electron chi connectivity index (χ2n) is 4.76. The lowest BCUT2D eigenvalue weighted by Crippen LogP contribution is -2.53. The van der Waals surface area contributed by atoms with Crippen LogP contribution in [0.15, 0.2) is 4.99 Å². The highest BCUT2D eigenvalue weighted by Crippen LogP contribution is 2.04. The van der Waals surface area contributed by atoms with Crippen molar-refractivity contribution in [3.63, 3.8) is 0 Å². The fourth-order valence-electron chi connectivity index (χ4n) is 2.08. The van der Waals surface area contributed by atoms with E-state index >= 15 is 0 Å². The van der Waals surface area contributed by atoms with Crippen LogP contribution < -0.4 is 5.32 Å². The number of aliphatic imine (C=N–C) groups is 1. The van der Waals surface area contributed by atoms with Gasteiger partial charge in [0.25, 0.3) is 0 Å². The second kappa shape index (κ2) is 11.9. The third-order valence-corrected chi connectivity index (χ3v) is 3.21. The number of rotatable bonds is 5. The summed E-state index contributed by atoms with van der Waals surface area (Å²) < 4.78 is 5.03. The fraction of sp³-hybridized carbons (Fsp3) is 0.857. The van der Waals surface area contributed by atoms with Gasteiger partial charge in [0.15, 0.2) is 5.96 Å². The van der Waals surface area contributed by atoms with Crippen molar-refractivity contribution in [3.05, 3.63) is 0 Å². The molecule has 0 bridgehead atoms. The summed E-state index contributed by atoms with van der Waals surface area (Å²) in [5.74, 6) is 0.962. The summed E-state index contributed by atoms with van der Waals surface area (Å²) >= 11 is 0. The summed E-state index contributed by atoms with van der Waals surface area (Å²) in [6.07, 6.45) is 2.05. The van der Waals surface area contributed by atoms with Gasteiger partial charge in [-0.3, -0.25) is 4.99 Å². The molecule has 0 saturated carbocycles. The first-order chi connectivity index (χ1) is 9.72. The molecule has 7 heteroatoms. The van der Waals surface area contributed by atoms with Crippen molar-refractivity contribution in [2.75, 3.05) is 45.9 Å². The van der Waals surface area contributed by atoms with Gasteiger partial charge in [0.2, 0.25) is 0 Å². The minimum Gasteiger partial charge on any atom is -0.450 e. The highest BCUT2D eigenvalue weighted by Gasteiger charge is 2.23. The van der Waals surface area contributed by atoms with Gasteiger partial charge in [0, 0.05) is 39.3 Å². The zero-order valence-electron chi connectivity index (χ0n) is 13.4. The van der Waals surface area contributed by atoms with E-state index in [1.807, 2.05) is 6.92 Å². The number of hydrogen-bond acceptors (Lipinski definition) is 3. The Balaban J connectivity index is 0.00000400. The van der Waals surface area contributed by atoms with E-state index in [1.54, 1.807) is 4.90 Å². The summed E-state index contributed by atoms with van der Waals surface area (Å²) in [6.45, 7) is 11.2. The van der Waals surface area contributed by atoms with Gasteiger partial charge in [0.1, 0.15) is 0 Å². The number of unbranched alkanes of at least 4 members (excludes halogenated alkanes) is 1. The van der Waals surface area contributed by atoms with Crippen molar-refractivity contribution in [2.24, 2.45) is 4.99 Å². The molecular formula is C14H29IN4O2. The topological polar surface area (TPSA) is 57.2 Å². The number of hydrogen-bond donors (Lipinski definition) is 1. The molecule has 0 aromatic carbocycles. The molecule has 1 rings (SSSR count). The van der Waals surface area contributed by atoms with Crippen LogP contribution in [0.25, 0.3) is 0 Å². The average Bonchev–Trinajstić information content (AvgIpc) is 2.47. The highest BCUT2D eigenvalue weighted by atomic mass is 127. The van der Waals surface area contributed by atoms with Crippen molar-refractivity contribution < 1.29 is 9.53 Å². The number of amides is 1. The number of carbonyl (C=O) groups is 1. The molecule has 1 saturated heterocycles. The Hall–Kier alpha value is -0.730. The predicted octanol–water partition coefficient (Wildman–Crippen LogP) is 2.14. The molecule has 1 fully saturated rings. The molecule has 0 atom stereocenters. The van der Waals surface area contributed by atoms with Crippen LogP contribution in [0.1, 0.15) is 33.6 Å². The van der Waals surface area contributed by atoms with E-state index in [-0.39, 0.29) is 30.1 Å². The van der Waals surface area contributed by atoms with Gasteiger partial charge < -0.3 is 19.9 Å². The Labute approximate surface area is 145 Å². The zero-order chi connectivity index (χ0) is 14.8. The summed E-state index contributed by atoms with van der Waals surface area (Å²) in [4.78, 5) is 20.3. The Morgan fingerprint density at radius 3 is 2.29 bits per heavy atom. The van der Waals surface area contributed by atoms with Crippen molar-refractivity contribution in [1.82, 2.24) is 15.1 Å². The van der Waals surface area contributed by atoms with Gasteiger partial charge >= 0.3 is 6.09 Å². The van der Waals surface area contributed by atoms with Crippen LogP contribution in [0.4, 0.5) is 4.79 Å². The first kappa shape index (κ1) is 20.3. The van der Waals surface area contributed by atoms with Gasteiger partial charge in [-0.1, -0.05) is 13.3 Å². The maximum atomic E-state index is 11.7. The van der Waals surface area contributed by atoms with E-state index < -0.39 is 0 Å². The average molecular weight is 412 g/mol. The number of piperazine rings is 1. The van der Waals surface area contributed by atoms with E-state index in [2.05, 4.69) is 29.1 Å². The molecule has 0 radical (unpaired) electrons.